The first-order valence-electron chi connectivity index (χ1n) is 11.2. The zero-order valence-electron chi connectivity index (χ0n) is 19.0. The molecular weight excluding hydrogens is 511 g/mol. The fraction of sp³-hybridized carbons (Fsp3) is 0.240. The van der Waals surface area contributed by atoms with Crippen molar-refractivity contribution in [2.75, 3.05) is 18.5 Å². The average Bonchev–Trinajstić information content (AvgIpc) is 3.43. The molecule has 0 aliphatic carbocycles. The first-order valence-corrected chi connectivity index (χ1v) is 12.8. The maximum Gasteiger partial charge on any atom is 0.416 e. The number of hydrogen-bond donors (Lipinski definition) is 1. The summed E-state index contributed by atoms with van der Waals surface area (Å²) >= 11 is 2.84. The zero-order valence-corrected chi connectivity index (χ0v) is 20.6. The largest absolute Gasteiger partial charge is 0.450 e. The second-order valence-corrected chi connectivity index (χ2v) is 10.2. The van der Waals surface area contributed by atoms with Gasteiger partial charge in [-0.25, -0.2) is 9.78 Å². The molecule has 0 unspecified atom stereocenters. The summed E-state index contributed by atoms with van der Waals surface area (Å²) in [6, 6.07) is 11.8. The van der Waals surface area contributed by atoms with Gasteiger partial charge in [0.1, 0.15) is 10.0 Å². The SMILES string of the molecule is CCOC(=O)N1CCc2c(sc(NC(=O)c3ccc(C(F)(F)F)cc3)c2-c2nc3ccccc3s2)C1. The quantitative estimate of drug-likeness (QED) is 0.314. The zero-order chi connectivity index (χ0) is 25.4. The van der Waals surface area contributed by atoms with Gasteiger partial charge in [-0.2, -0.15) is 13.2 Å². The van der Waals surface area contributed by atoms with Crippen molar-refractivity contribution in [3.05, 3.63) is 70.1 Å². The molecule has 0 saturated heterocycles. The molecule has 0 radical (unpaired) electrons. The number of ether oxygens (including phenoxy) is 1. The van der Waals surface area contributed by atoms with Gasteiger partial charge < -0.3 is 15.0 Å². The Morgan fingerprint density at radius 1 is 1.11 bits per heavy atom. The minimum atomic E-state index is -4.48. The highest BCUT2D eigenvalue weighted by molar-refractivity contribution is 7.23. The highest BCUT2D eigenvalue weighted by Crippen LogP contribution is 2.46. The van der Waals surface area contributed by atoms with Gasteiger partial charge in [0.2, 0.25) is 0 Å². The number of hydrogen-bond acceptors (Lipinski definition) is 6. The smallest absolute Gasteiger partial charge is 0.416 e. The van der Waals surface area contributed by atoms with Crippen molar-refractivity contribution < 1.29 is 27.5 Å². The van der Waals surface area contributed by atoms with Crippen molar-refractivity contribution in [1.82, 2.24) is 9.88 Å². The number of thiazole rings is 1. The van der Waals surface area contributed by atoms with Gasteiger partial charge in [0.25, 0.3) is 5.91 Å². The van der Waals surface area contributed by atoms with Crippen molar-refractivity contribution >= 4 is 49.9 Å². The molecule has 0 saturated carbocycles. The molecule has 1 N–H and O–H groups in total. The molecule has 4 aromatic rings. The Bertz CT molecular complexity index is 1410. The Morgan fingerprint density at radius 2 is 1.86 bits per heavy atom. The molecule has 5 rings (SSSR count). The number of fused-ring (bicyclic) bond motifs is 2. The summed E-state index contributed by atoms with van der Waals surface area (Å²) in [6.07, 6.45) is -4.31. The molecule has 3 heterocycles. The van der Waals surface area contributed by atoms with E-state index in [0.717, 1.165) is 55.5 Å². The molecule has 2 amide bonds. The van der Waals surface area contributed by atoms with Crippen LogP contribution >= 0.6 is 22.7 Å². The molecule has 11 heteroatoms. The van der Waals surface area contributed by atoms with Crippen LogP contribution in [0.25, 0.3) is 20.8 Å². The molecule has 0 spiro atoms. The van der Waals surface area contributed by atoms with Gasteiger partial charge in [-0.05, 0) is 55.3 Å². The van der Waals surface area contributed by atoms with E-state index in [4.69, 9.17) is 9.72 Å². The number of para-hydroxylation sites is 1. The molecule has 6 nitrogen and oxygen atoms in total. The van der Waals surface area contributed by atoms with Crippen LogP contribution in [0.4, 0.5) is 23.0 Å². The maximum absolute atomic E-state index is 13.0. The summed E-state index contributed by atoms with van der Waals surface area (Å²) in [5.41, 5.74) is 1.92. The number of thiophene rings is 1. The Labute approximate surface area is 212 Å². The summed E-state index contributed by atoms with van der Waals surface area (Å²) < 4.78 is 44.9. The normalized spacial score (nSPS) is 13.5. The first kappa shape index (κ1) is 24.3. The summed E-state index contributed by atoms with van der Waals surface area (Å²) in [4.78, 5) is 32.6. The number of amides is 2. The van der Waals surface area contributed by atoms with Gasteiger partial charge in [-0.3, -0.25) is 4.79 Å². The van der Waals surface area contributed by atoms with Crippen molar-refractivity contribution in [3.8, 4) is 10.6 Å². The minimum Gasteiger partial charge on any atom is -0.450 e. The van der Waals surface area contributed by atoms with E-state index in [2.05, 4.69) is 5.32 Å². The molecule has 2 aromatic heterocycles. The Hall–Kier alpha value is -3.44. The molecule has 186 valence electrons. The van der Waals surface area contributed by atoms with Crippen LogP contribution in [0.2, 0.25) is 0 Å². The van der Waals surface area contributed by atoms with Crippen molar-refractivity contribution in [3.63, 3.8) is 0 Å². The van der Waals surface area contributed by atoms with Gasteiger partial charge in [0.15, 0.2) is 0 Å². The number of carbonyl (C=O) groups excluding carboxylic acids is 2. The predicted molar refractivity (Wildman–Crippen MR) is 133 cm³/mol. The topological polar surface area (TPSA) is 71.5 Å². The number of alkyl halides is 3. The fourth-order valence-corrected chi connectivity index (χ4v) is 6.42. The summed E-state index contributed by atoms with van der Waals surface area (Å²) in [5, 5.41) is 4.17. The highest BCUT2D eigenvalue weighted by Gasteiger charge is 2.32. The molecule has 2 aromatic carbocycles. The van der Waals surface area contributed by atoms with E-state index in [1.807, 2.05) is 24.3 Å². The van der Waals surface area contributed by atoms with E-state index < -0.39 is 23.7 Å². The first-order chi connectivity index (χ1) is 17.2. The average molecular weight is 532 g/mol. The fourth-order valence-electron chi connectivity index (χ4n) is 4.05. The number of carbonyl (C=O) groups is 2. The molecule has 36 heavy (non-hydrogen) atoms. The predicted octanol–water partition coefficient (Wildman–Crippen LogP) is 6.81. The molecular formula is C25H20F3N3O3S2. The van der Waals surface area contributed by atoms with Crippen molar-refractivity contribution in [2.45, 2.75) is 26.1 Å². The van der Waals surface area contributed by atoms with Crippen molar-refractivity contribution in [2.24, 2.45) is 0 Å². The van der Waals surface area contributed by atoms with Crippen LogP contribution in [0.3, 0.4) is 0 Å². The van der Waals surface area contributed by atoms with E-state index in [9.17, 15) is 22.8 Å². The molecule has 1 aliphatic rings. The van der Waals surface area contributed by atoms with Gasteiger partial charge in [0.05, 0.1) is 28.9 Å². The summed E-state index contributed by atoms with van der Waals surface area (Å²) in [6.45, 7) is 2.83. The van der Waals surface area contributed by atoms with Crippen LogP contribution in [0, 0.1) is 0 Å². The molecule has 0 atom stereocenters. The third kappa shape index (κ3) is 4.68. The Morgan fingerprint density at radius 3 is 2.56 bits per heavy atom. The van der Waals surface area contributed by atoms with E-state index in [1.165, 1.54) is 22.7 Å². The summed E-state index contributed by atoms with van der Waals surface area (Å²) in [7, 11) is 0. The van der Waals surface area contributed by atoms with E-state index in [-0.39, 0.29) is 12.2 Å². The Balaban J connectivity index is 1.51. The van der Waals surface area contributed by atoms with Crippen molar-refractivity contribution in [1.29, 1.82) is 0 Å². The van der Waals surface area contributed by atoms with Gasteiger partial charge in [-0.1, -0.05) is 12.1 Å². The van der Waals surface area contributed by atoms with E-state index in [0.29, 0.717) is 24.5 Å². The minimum absolute atomic E-state index is 0.109. The highest BCUT2D eigenvalue weighted by atomic mass is 32.1. The lowest BCUT2D eigenvalue weighted by Gasteiger charge is -2.26. The standard InChI is InChI=1S/C25H20F3N3O3S2/c1-2-34-24(33)31-12-11-16-19(13-31)36-23(20(16)22-29-17-5-3-4-6-18(17)35-22)30-21(32)14-7-9-15(10-8-14)25(26,27)28/h3-10H,2,11-13H2,1H3,(H,30,32). The lowest BCUT2D eigenvalue weighted by atomic mass is 10.0. The van der Waals surface area contributed by atoms with E-state index >= 15 is 0 Å². The number of halogens is 3. The number of aromatic nitrogens is 1. The third-order valence-corrected chi connectivity index (χ3v) is 7.98. The van der Waals surface area contributed by atoms with Gasteiger partial charge >= 0.3 is 12.3 Å². The maximum atomic E-state index is 13.0. The van der Waals surface area contributed by atoms with Crippen LogP contribution in [0.1, 0.15) is 33.3 Å². The number of benzene rings is 2. The van der Waals surface area contributed by atoms with E-state index in [1.54, 1.807) is 11.8 Å². The van der Waals surface area contributed by atoms with Gasteiger partial charge in [-0.15, -0.1) is 22.7 Å². The third-order valence-electron chi connectivity index (χ3n) is 5.79. The second kappa shape index (κ2) is 9.55. The van der Waals surface area contributed by atoms with Crippen LogP contribution in [0.5, 0.6) is 0 Å². The number of nitrogens with zero attached hydrogens (tertiary/aromatic N) is 2. The monoisotopic (exact) mass is 531 g/mol. The van der Waals surface area contributed by atoms with Crippen LogP contribution in [0.15, 0.2) is 48.5 Å². The Kier molecular flexibility index (Phi) is 6.44. The molecule has 0 bridgehead atoms. The number of rotatable bonds is 4. The molecule has 1 aliphatic heterocycles. The molecule has 0 fully saturated rings. The summed E-state index contributed by atoms with van der Waals surface area (Å²) in [5.74, 6) is -0.521. The van der Waals surface area contributed by atoms with Crippen LogP contribution in [-0.4, -0.2) is 35.0 Å². The lowest BCUT2D eigenvalue weighted by molar-refractivity contribution is -0.137. The number of nitrogens with one attached hydrogen (secondary N) is 1. The second-order valence-electron chi connectivity index (χ2n) is 8.09. The lowest BCUT2D eigenvalue weighted by Crippen LogP contribution is -2.35. The van der Waals surface area contributed by atoms with Crippen LogP contribution < -0.4 is 5.32 Å². The van der Waals surface area contributed by atoms with Gasteiger partial charge in [0, 0.05) is 22.5 Å². The number of anilines is 1. The van der Waals surface area contributed by atoms with Crippen LogP contribution in [-0.2, 0) is 23.9 Å².